The Balaban J connectivity index is 1.79. The van der Waals surface area contributed by atoms with Crippen LogP contribution in [0.15, 0.2) is 0 Å². The summed E-state index contributed by atoms with van der Waals surface area (Å²) in [6.45, 7) is 4.73. The van der Waals surface area contributed by atoms with Crippen LogP contribution in [-0.2, 0) is 0 Å². The van der Waals surface area contributed by atoms with Crippen LogP contribution >= 0.6 is 0 Å². The second-order valence-corrected chi connectivity index (χ2v) is 5.33. The van der Waals surface area contributed by atoms with E-state index >= 15 is 0 Å². The van der Waals surface area contributed by atoms with Gasteiger partial charge in [-0.15, -0.1) is 0 Å². The van der Waals surface area contributed by atoms with E-state index < -0.39 is 0 Å². The molecule has 1 saturated carbocycles. The average molecular weight is 196 g/mol. The van der Waals surface area contributed by atoms with E-state index in [1.165, 1.54) is 64.2 Å². The van der Waals surface area contributed by atoms with Crippen LogP contribution in [0.25, 0.3) is 0 Å². The SMILES string of the molecule is CCCCCCC(C)CCCC1CC1. The van der Waals surface area contributed by atoms with E-state index in [0.29, 0.717) is 0 Å². The maximum absolute atomic E-state index is 2.44. The minimum absolute atomic E-state index is 0.991. The highest BCUT2D eigenvalue weighted by Crippen LogP contribution is 2.34. The van der Waals surface area contributed by atoms with Gasteiger partial charge in [0.2, 0.25) is 0 Å². The van der Waals surface area contributed by atoms with Gasteiger partial charge in [0.05, 0.1) is 0 Å². The second kappa shape index (κ2) is 7.31. The van der Waals surface area contributed by atoms with Crippen molar-refractivity contribution in [2.45, 2.75) is 78.1 Å². The van der Waals surface area contributed by atoms with Crippen molar-refractivity contribution in [3.63, 3.8) is 0 Å². The summed E-state index contributed by atoms with van der Waals surface area (Å²) in [6.07, 6.45) is 14.8. The molecule has 0 aromatic heterocycles. The van der Waals surface area contributed by atoms with Crippen LogP contribution in [0.2, 0.25) is 0 Å². The molecule has 0 bridgehead atoms. The van der Waals surface area contributed by atoms with Gasteiger partial charge in [0.1, 0.15) is 0 Å². The first-order valence-electron chi connectivity index (χ1n) is 6.83. The molecule has 1 atom stereocenters. The third kappa shape index (κ3) is 6.45. The number of hydrogen-bond donors (Lipinski definition) is 0. The van der Waals surface area contributed by atoms with Gasteiger partial charge < -0.3 is 0 Å². The first-order valence-corrected chi connectivity index (χ1v) is 6.83. The van der Waals surface area contributed by atoms with Crippen molar-refractivity contribution in [3.05, 3.63) is 0 Å². The molecule has 1 fully saturated rings. The number of hydrogen-bond acceptors (Lipinski definition) is 0. The van der Waals surface area contributed by atoms with Gasteiger partial charge in [-0.3, -0.25) is 0 Å². The Morgan fingerprint density at radius 2 is 1.71 bits per heavy atom. The van der Waals surface area contributed by atoms with Gasteiger partial charge in [0.15, 0.2) is 0 Å². The topological polar surface area (TPSA) is 0 Å². The molecule has 1 aliphatic carbocycles. The van der Waals surface area contributed by atoms with Crippen molar-refractivity contribution in [1.29, 1.82) is 0 Å². The highest BCUT2D eigenvalue weighted by atomic mass is 14.3. The molecule has 0 N–H and O–H groups in total. The van der Waals surface area contributed by atoms with Gasteiger partial charge in [0.25, 0.3) is 0 Å². The van der Waals surface area contributed by atoms with Crippen LogP contribution in [0.1, 0.15) is 78.1 Å². The standard InChI is InChI=1S/C14H28/c1-3-4-5-6-8-13(2)9-7-10-14-11-12-14/h13-14H,3-12H2,1-2H3. The molecule has 14 heavy (non-hydrogen) atoms. The molecule has 0 radical (unpaired) electrons. The molecule has 0 heterocycles. The molecule has 1 rings (SSSR count). The molecule has 0 nitrogen and oxygen atoms in total. The highest BCUT2D eigenvalue weighted by Gasteiger charge is 2.20. The van der Waals surface area contributed by atoms with Crippen LogP contribution < -0.4 is 0 Å². The predicted octanol–water partition coefficient (Wildman–Crippen LogP) is 5.17. The van der Waals surface area contributed by atoms with E-state index in [4.69, 9.17) is 0 Å². The Bertz CT molecular complexity index is 124. The van der Waals surface area contributed by atoms with Gasteiger partial charge in [-0.2, -0.15) is 0 Å². The van der Waals surface area contributed by atoms with E-state index in [1.807, 2.05) is 0 Å². The Morgan fingerprint density at radius 1 is 1.00 bits per heavy atom. The smallest absolute Gasteiger partial charge is 0.0414 e. The lowest BCUT2D eigenvalue weighted by atomic mass is 9.96. The summed E-state index contributed by atoms with van der Waals surface area (Å²) >= 11 is 0. The van der Waals surface area contributed by atoms with Crippen molar-refractivity contribution in [2.75, 3.05) is 0 Å². The molecule has 0 heteroatoms. The Hall–Kier alpha value is 0. The molecule has 84 valence electrons. The average Bonchev–Trinajstić information content (AvgIpc) is 2.96. The zero-order chi connectivity index (χ0) is 10.2. The predicted molar refractivity (Wildman–Crippen MR) is 64.5 cm³/mol. The third-order valence-electron chi connectivity index (χ3n) is 3.56. The first-order chi connectivity index (χ1) is 6.83. The lowest BCUT2D eigenvalue weighted by molar-refractivity contribution is 0.434. The van der Waals surface area contributed by atoms with Crippen molar-refractivity contribution in [2.24, 2.45) is 11.8 Å². The Kier molecular flexibility index (Phi) is 6.31. The molecule has 0 spiro atoms. The van der Waals surface area contributed by atoms with Crippen molar-refractivity contribution < 1.29 is 0 Å². The number of unbranched alkanes of at least 4 members (excludes halogenated alkanes) is 3. The normalized spacial score (nSPS) is 18.4. The van der Waals surface area contributed by atoms with Crippen LogP contribution in [0, 0.1) is 11.8 Å². The summed E-state index contributed by atoms with van der Waals surface area (Å²) in [6, 6.07) is 0. The summed E-state index contributed by atoms with van der Waals surface area (Å²) in [5.41, 5.74) is 0. The van der Waals surface area contributed by atoms with Crippen LogP contribution in [0.5, 0.6) is 0 Å². The van der Waals surface area contributed by atoms with Crippen LogP contribution in [-0.4, -0.2) is 0 Å². The van der Waals surface area contributed by atoms with E-state index in [9.17, 15) is 0 Å². The number of rotatable bonds is 9. The minimum Gasteiger partial charge on any atom is -0.0654 e. The van der Waals surface area contributed by atoms with Crippen LogP contribution in [0.3, 0.4) is 0 Å². The maximum Gasteiger partial charge on any atom is -0.0414 e. The summed E-state index contributed by atoms with van der Waals surface area (Å²) in [4.78, 5) is 0. The molecule has 1 unspecified atom stereocenters. The fraction of sp³-hybridized carbons (Fsp3) is 1.00. The van der Waals surface area contributed by atoms with Gasteiger partial charge in [0, 0.05) is 0 Å². The monoisotopic (exact) mass is 196 g/mol. The third-order valence-corrected chi connectivity index (χ3v) is 3.56. The fourth-order valence-corrected chi connectivity index (χ4v) is 2.23. The van der Waals surface area contributed by atoms with Crippen molar-refractivity contribution in [3.8, 4) is 0 Å². The van der Waals surface area contributed by atoms with Crippen LogP contribution in [0.4, 0.5) is 0 Å². The summed E-state index contributed by atoms with van der Waals surface area (Å²) in [5.74, 6) is 2.13. The summed E-state index contributed by atoms with van der Waals surface area (Å²) in [7, 11) is 0. The van der Waals surface area contributed by atoms with E-state index in [2.05, 4.69) is 13.8 Å². The fourth-order valence-electron chi connectivity index (χ4n) is 2.23. The molecule has 1 aliphatic rings. The van der Waals surface area contributed by atoms with Gasteiger partial charge >= 0.3 is 0 Å². The van der Waals surface area contributed by atoms with Crippen molar-refractivity contribution in [1.82, 2.24) is 0 Å². The lowest BCUT2D eigenvalue weighted by Crippen LogP contribution is -1.95. The molecular formula is C14H28. The Labute approximate surface area is 90.5 Å². The lowest BCUT2D eigenvalue weighted by Gasteiger charge is -2.10. The summed E-state index contributed by atoms with van der Waals surface area (Å²) in [5, 5.41) is 0. The highest BCUT2D eigenvalue weighted by molar-refractivity contribution is 4.72. The van der Waals surface area contributed by atoms with E-state index in [-0.39, 0.29) is 0 Å². The van der Waals surface area contributed by atoms with Gasteiger partial charge in [-0.1, -0.05) is 78.1 Å². The van der Waals surface area contributed by atoms with E-state index in [0.717, 1.165) is 11.8 Å². The molecule has 0 aliphatic heterocycles. The molecule has 0 amide bonds. The second-order valence-electron chi connectivity index (χ2n) is 5.33. The quantitative estimate of drug-likeness (QED) is 0.446. The van der Waals surface area contributed by atoms with E-state index in [1.54, 1.807) is 0 Å². The zero-order valence-electron chi connectivity index (χ0n) is 10.2. The largest absolute Gasteiger partial charge is 0.0654 e. The minimum atomic E-state index is 0.991. The van der Waals surface area contributed by atoms with Gasteiger partial charge in [-0.05, 0) is 11.8 Å². The summed E-state index contributed by atoms with van der Waals surface area (Å²) < 4.78 is 0. The molecule has 0 aromatic carbocycles. The Morgan fingerprint density at radius 3 is 2.36 bits per heavy atom. The molecule has 0 saturated heterocycles. The first kappa shape index (κ1) is 12.1. The zero-order valence-corrected chi connectivity index (χ0v) is 10.2. The molecular weight excluding hydrogens is 168 g/mol. The maximum atomic E-state index is 2.44. The van der Waals surface area contributed by atoms with Gasteiger partial charge in [-0.25, -0.2) is 0 Å². The molecule has 0 aromatic rings. The van der Waals surface area contributed by atoms with Crippen molar-refractivity contribution >= 4 is 0 Å².